The molecule has 0 atom stereocenters. The lowest BCUT2D eigenvalue weighted by molar-refractivity contribution is 0.0697. The molecule has 0 saturated carbocycles. The maximum Gasteiger partial charge on any atom is 0.335 e. The normalized spacial score (nSPS) is 12.6. The summed E-state index contributed by atoms with van der Waals surface area (Å²) in [5, 5.41) is 20.1. The minimum Gasteiger partial charge on any atom is -0.478 e. The number of carboxylic acids is 1. The van der Waals surface area contributed by atoms with Crippen molar-refractivity contribution in [3.05, 3.63) is 88.9 Å². The van der Waals surface area contributed by atoms with Crippen LogP contribution in [0.25, 0.3) is 22.0 Å². The Bertz CT molecular complexity index is 1470. The molecule has 3 heterocycles. The van der Waals surface area contributed by atoms with Crippen LogP contribution < -0.4 is 0 Å². The predicted molar refractivity (Wildman–Crippen MR) is 132 cm³/mol. The zero-order chi connectivity index (χ0) is 23.9. The van der Waals surface area contributed by atoms with E-state index in [9.17, 15) is 15.2 Å². The second kappa shape index (κ2) is 8.27. The molecule has 0 fully saturated rings. The third kappa shape index (κ3) is 3.65. The number of carboxylic acid groups (broad SMARTS) is 1. The molecule has 2 aromatic heterocycles. The van der Waals surface area contributed by atoms with E-state index in [2.05, 4.69) is 46.6 Å². The molecule has 0 aliphatic carbocycles. The highest BCUT2D eigenvalue weighted by Gasteiger charge is 2.32. The summed E-state index contributed by atoms with van der Waals surface area (Å²) in [7, 11) is 0. The van der Waals surface area contributed by atoms with Gasteiger partial charge in [0.25, 0.3) is 0 Å². The average molecular weight is 449 g/mol. The van der Waals surface area contributed by atoms with Gasteiger partial charge in [-0.3, -0.25) is 9.98 Å². The van der Waals surface area contributed by atoms with E-state index in [-0.39, 0.29) is 5.56 Å². The molecule has 1 aliphatic heterocycles. The lowest BCUT2D eigenvalue weighted by atomic mass is 9.81. The number of aromatic nitrogens is 2. The Labute approximate surface area is 197 Å². The second-order valence-corrected chi connectivity index (χ2v) is 9.30. The lowest BCUT2D eigenvalue weighted by Gasteiger charge is -2.26. The Balaban J connectivity index is 1.85. The van der Waals surface area contributed by atoms with Crippen molar-refractivity contribution >= 4 is 23.1 Å². The average Bonchev–Trinajstić information content (AvgIpc) is 3.41. The first kappa shape index (κ1) is 21.6. The Morgan fingerprint density at radius 1 is 1.15 bits per heavy atom. The molecule has 0 bridgehead atoms. The van der Waals surface area contributed by atoms with E-state index in [0.717, 1.165) is 38.9 Å². The minimum absolute atomic E-state index is 0.247. The topological polar surface area (TPSA) is 91.3 Å². The van der Waals surface area contributed by atoms with Crippen molar-refractivity contribution in [1.82, 2.24) is 9.55 Å². The minimum atomic E-state index is -0.952. The van der Waals surface area contributed by atoms with Gasteiger partial charge in [-0.25, -0.2) is 4.79 Å². The Hall–Kier alpha value is -4.24. The summed E-state index contributed by atoms with van der Waals surface area (Å²) in [5.41, 5.74) is 7.30. The highest BCUT2D eigenvalue weighted by molar-refractivity contribution is 6.03. The summed E-state index contributed by atoms with van der Waals surface area (Å²) < 4.78 is 2.30. The third-order valence-corrected chi connectivity index (χ3v) is 6.49. The zero-order valence-electron chi connectivity index (χ0n) is 19.1. The quantitative estimate of drug-likeness (QED) is 0.417. The van der Waals surface area contributed by atoms with Crippen molar-refractivity contribution < 1.29 is 9.90 Å². The molecule has 4 aromatic rings. The van der Waals surface area contributed by atoms with Crippen molar-refractivity contribution in [3.63, 3.8) is 0 Å². The van der Waals surface area contributed by atoms with Gasteiger partial charge in [0.05, 0.1) is 18.2 Å². The van der Waals surface area contributed by atoms with E-state index >= 15 is 0 Å². The number of fused-ring (bicyclic) bond motifs is 2. The van der Waals surface area contributed by atoms with Crippen LogP contribution in [0.2, 0.25) is 0 Å². The van der Waals surface area contributed by atoms with Crippen molar-refractivity contribution in [2.75, 3.05) is 0 Å². The third-order valence-electron chi connectivity index (χ3n) is 6.49. The van der Waals surface area contributed by atoms with Crippen LogP contribution in [0.4, 0.5) is 0 Å². The molecule has 168 valence electrons. The number of benzene rings is 2. The number of aromatic carboxylic acids is 1. The summed E-state index contributed by atoms with van der Waals surface area (Å²) in [6, 6.07) is 17.8. The Morgan fingerprint density at radius 3 is 2.56 bits per heavy atom. The highest BCUT2D eigenvalue weighted by Crippen LogP contribution is 2.44. The molecular weight excluding hydrogens is 424 g/mol. The molecule has 0 amide bonds. The molecule has 0 unspecified atom stereocenters. The van der Waals surface area contributed by atoms with Gasteiger partial charge in [0.1, 0.15) is 0 Å². The molecule has 0 spiro atoms. The van der Waals surface area contributed by atoms with Crippen LogP contribution in [-0.2, 0) is 18.5 Å². The summed E-state index contributed by atoms with van der Waals surface area (Å²) in [6.45, 7) is 5.47. The van der Waals surface area contributed by atoms with Crippen LogP contribution in [0.3, 0.4) is 0 Å². The van der Waals surface area contributed by atoms with Gasteiger partial charge in [0.2, 0.25) is 0 Å². The largest absolute Gasteiger partial charge is 0.478 e. The lowest BCUT2D eigenvalue weighted by Crippen LogP contribution is -2.22. The second-order valence-electron chi connectivity index (χ2n) is 9.30. The van der Waals surface area contributed by atoms with Crippen LogP contribution in [0, 0.1) is 11.3 Å². The molecule has 34 heavy (non-hydrogen) atoms. The summed E-state index contributed by atoms with van der Waals surface area (Å²) in [4.78, 5) is 20.1. The molecule has 6 nitrogen and oxygen atoms in total. The monoisotopic (exact) mass is 448 g/mol. The van der Waals surface area contributed by atoms with Crippen LogP contribution in [0.1, 0.15) is 53.0 Å². The van der Waals surface area contributed by atoms with Gasteiger partial charge in [-0.15, -0.1) is 0 Å². The number of pyridine rings is 1. The predicted octanol–water partition coefficient (Wildman–Crippen LogP) is 5.57. The van der Waals surface area contributed by atoms with Gasteiger partial charge in [-0.1, -0.05) is 26.0 Å². The van der Waals surface area contributed by atoms with Gasteiger partial charge in [0, 0.05) is 59.1 Å². The van der Waals surface area contributed by atoms with E-state index in [0.29, 0.717) is 19.5 Å². The molecule has 5 rings (SSSR count). The number of carbonyl (C=O) groups is 1. The van der Waals surface area contributed by atoms with Crippen LogP contribution in [0.15, 0.2) is 65.9 Å². The summed E-state index contributed by atoms with van der Waals surface area (Å²) >= 11 is 0. The highest BCUT2D eigenvalue weighted by atomic mass is 16.4. The molecule has 1 aliphatic rings. The fourth-order valence-electron chi connectivity index (χ4n) is 4.85. The van der Waals surface area contributed by atoms with Gasteiger partial charge in [0.15, 0.2) is 0 Å². The van der Waals surface area contributed by atoms with Crippen LogP contribution in [0.5, 0.6) is 0 Å². The molecule has 0 radical (unpaired) electrons. The van der Waals surface area contributed by atoms with E-state index in [1.165, 1.54) is 5.56 Å². The number of hydrogen-bond donors (Lipinski definition) is 1. The van der Waals surface area contributed by atoms with Crippen molar-refractivity contribution in [1.29, 1.82) is 5.26 Å². The van der Waals surface area contributed by atoms with E-state index in [4.69, 9.17) is 0 Å². The molecule has 0 saturated heterocycles. The summed E-state index contributed by atoms with van der Waals surface area (Å²) in [6.07, 6.45) is 5.84. The van der Waals surface area contributed by atoms with E-state index in [1.54, 1.807) is 24.5 Å². The van der Waals surface area contributed by atoms with Gasteiger partial charge >= 0.3 is 5.97 Å². The van der Waals surface area contributed by atoms with Crippen molar-refractivity contribution in [2.45, 2.75) is 38.8 Å². The SMILES string of the molecule is CC(C)(CC#N)c1c(-c2ccc(C(=O)O)cc2)c2cc3c(cc2n1Cc1ccncc1)C=NC3. The molecule has 1 N–H and O–H groups in total. The molecular formula is C28H24N4O2. The molecule has 2 aromatic carbocycles. The van der Waals surface area contributed by atoms with E-state index < -0.39 is 11.4 Å². The first-order valence-electron chi connectivity index (χ1n) is 11.2. The van der Waals surface area contributed by atoms with E-state index in [1.807, 2.05) is 30.5 Å². The number of hydrogen-bond acceptors (Lipinski definition) is 4. The number of rotatable bonds is 6. The smallest absolute Gasteiger partial charge is 0.335 e. The maximum atomic E-state index is 11.4. The zero-order valence-corrected chi connectivity index (χ0v) is 19.1. The fraction of sp³-hybridized carbons (Fsp3) is 0.214. The summed E-state index contributed by atoms with van der Waals surface area (Å²) in [5.74, 6) is -0.952. The first-order valence-corrected chi connectivity index (χ1v) is 11.2. The first-order chi connectivity index (χ1) is 16.4. The van der Waals surface area contributed by atoms with Gasteiger partial charge in [-0.2, -0.15) is 5.26 Å². The number of nitriles is 1. The van der Waals surface area contributed by atoms with Crippen molar-refractivity contribution in [3.8, 4) is 17.2 Å². The number of aliphatic imine (C=N–C) groups is 1. The van der Waals surface area contributed by atoms with Gasteiger partial charge in [-0.05, 0) is 58.7 Å². The Morgan fingerprint density at radius 2 is 1.88 bits per heavy atom. The molecule has 6 heteroatoms. The Kier molecular flexibility index (Phi) is 5.25. The standard InChI is InChI=1S/C28H24N4O2/c1-28(2,9-10-29)26-25(19-3-5-20(6-4-19)27(33)34)23-13-21-15-31-16-22(21)14-24(23)32(26)17-18-7-11-30-12-8-18/h3-8,11-14,16H,9,15,17H2,1-2H3,(H,33,34). The van der Waals surface area contributed by atoms with Gasteiger partial charge < -0.3 is 9.67 Å². The number of nitrogens with zero attached hydrogens (tertiary/aromatic N) is 4. The van der Waals surface area contributed by atoms with Crippen LogP contribution in [-0.4, -0.2) is 26.8 Å². The van der Waals surface area contributed by atoms with Crippen molar-refractivity contribution in [2.24, 2.45) is 4.99 Å². The fourth-order valence-corrected chi connectivity index (χ4v) is 4.85. The van der Waals surface area contributed by atoms with Crippen LogP contribution >= 0.6 is 0 Å². The maximum absolute atomic E-state index is 11.4.